The van der Waals surface area contributed by atoms with Crippen LogP contribution in [0.1, 0.15) is 0 Å². The van der Waals surface area contributed by atoms with Crippen LogP contribution in [0.4, 0.5) is 0 Å². The van der Waals surface area contributed by atoms with E-state index in [0.717, 1.165) is 6.54 Å². The van der Waals surface area contributed by atoms with Crippen molar-refractivity contribution in [1.29, 1.82) is 0 Å². The molecule has 0 aliphatic carbocycles. The van der Waals surface area contributed by atoms with Crippen molar-refractivity contribution >= 4 is 11.9 Å². The van der Waals surface area contributed by atoms with Gasteiger partial charge in [0.2, 0.25) is 0 Å². The second-order valence-electron chi connectivity index (χ2n) is 1.71. The van der Waals surface area contributed by atoms with E-state index in [1.165, 1.54) is 11.9 Å². The van der Waals surface area contributed by atoms with E-state index < -0.39 is 0 Å². The van der Waals surface area contributed by atoms with Gasteiger partial charge < -0.3 is 5.73 Å². The third-order valence-corrected chi connectivity index (χ3v) is 1.80. The maximum Gasteiger partial charge on any atom is 0.144 e. The Balaban J connectivity index is 2.49. The Kier molecular flexibility index (Phi) is 2.52. The molecule has 0 saturated carbocycles. The Morgan fingerprint density at radius 3 is 3.10 bits per heavy atom. The number of hydrogen-bond donors (Lipinski definition) is 2. The maximum atomic E-state index is 5.33. The molecule has 4 N–H and O–H groups in total. The average molecular weight is 160 g/mol. The van der Waals surface area contributed by atoms with Gasteiger partial charge in [-0.15, -0.1) is 0 Å². The molecule has 10 heavy (non-hydrogen) atoms. The summed E-state index contributed by atoms with van der Waals surface area (Å²) in [6.07, 6.45) is 1.88. The SMILES string of the molecule is NCCN1C=CS[N+]1=NN. The number of nitrogens with two attached hydrogens (primary N) is 2. The van der Waals surface area contributed by atoms with E-state index in [4.69, 9.17) is 11.6 Å². The van der Waals surface area contributed by atoms with Crippen LogP contribution >= 0.6 is 11.9 Å². The van der Waals surface area contributed by atoms with Gasteiger partial charge >= 0.3 is 0 Å². The van der Waals surface area contributed by atoms with Crippen molar-refractivity contribution in [1.82, 2.24) is 5.01 Å². The summed E-state index contributed by atoms with van der Waals surface area (Å²) < 4.78 is 1.58. The Bertz CT molecular complexity index is 165. The first kappa shape index (κ1) is 7.36. The summed E-state index contributed by atoms with van der Waals surface area (Å²) in [7, 11) is 0. The molecule has 0 fully saturated rings. The predicted octanol–water partition coefficient (Wildman–Crippen LogP) is -0.366. The Labute approximate surface area is 63.4 Å². The lowest BCUT2D eigenvalue weighted by Gasteiger charge is -2.08. The monoisotopic (exact) mass is 160 g/mol. The van der Waals surface area contributed by atoms with Gasteiger partial charge in [-0.3, -0.25) is 0 Å². The van der Waals surface area contributed by atoms with Crippen LogP contribution in [-0.4, -0.2) is 22.3 Å². The fraction of sp³-hybridized carbons (Fsp3) is 0.500. The third kappa shape index (κ3) is 1.39. The lowest BCUT2D eigenvalue weighted by atomic mass is 10.6. The van der Waals surface area contributed by atoms with Crippen molar-refractivity contribution in [2.45, 2.75) is 0 Å². The topological polar surface area (TPSA) is 70.6 Å². The van der Waals surface area contributed by atoms with E-state index in [2.05, 4.69) is 5.22 Å². The zero-order chi connectivity index (χ0) is 7.40. The largest absolute Gasteiger partial charge is 0.329 e. The number of hydrogen-bond acceptors (Lipinski definition) is 3. The molecule has 0 aromatic heterocycles. The number of hydrazine groups is 1. The van der Waals surface area contributed by atoms with E-state index in [1.54, 1.807) is 4.21 Å². The second-order valence-corrected chi connectivity index (χ2v) is 2.52. The number of rotatable bonds is 2. The highest BCUT2D eigenvalue weighted by atomic mass is 32.2. The van der Waals surface area contributed by atoms with E-state index >= 15 is 0 Å². The first-order valence-electron chi connectivity index (χ1n) is 2.89. The first-order valence-corrected chi connectivity index (χ1v) is 3.73. The van der Waals surface area contributed by atoms with Crippen LogP contribution in [0.3, 0.4) is 0 Å². The molecule has 0 amide bonds. The average Bonchev–Trinajstić information content (AvgIpc) is 2.36. The highest BCUT2D eigenvalue weighted by Gasteiger charge is 2.15. The van der Waals surface area contributed by atoms with Crippen molar-refractivity contribution in [2.24, 2.45) is 16.8 Å². The molecule has 5 nitrogen and oxygen atoms in total. The second kappa shape index (κ2) is 3.43. The zero-order valence-corrected chi connectivity index (χ0v) is 6.29. The summed E-state index contributed by atoms with van der Waals surface area (Å²) in [6, 6.07) is 0. The van der Waals surface area contributed by atoms with E-state index in [9.17, 15) is 0 Å². The molecule has 0 bridgehead atoms. The molecular formula is C4H10N5S+. The molecule has 0 unspecified atom stereocenters. The summed E-state index contributed by atoms with van der Waals surface area (Å²) in [5.74, 6) is 5.06. The molecule has 1 heterocycles. The van der Waals surface area contributed by atoms with Crippen molar-refractivity contribution in [3.05, 3.63) is 11.6 Å². The minimum Gasteiger partial charge on any atom is -0.329 e. The predicted molar refractivity (Wildman–Crippen MR) is 39.4 cm³/mol. The highest BCUT2D eigenvalue weighted by molar-refractivity contribution is 7.96. The van der Waals surface area contributed by atoms with Crippen molar-refractivity contribution < 1.29 is 4.21 Å². The minimum absolute atomic E-state index is 0.594. The van der Waals surface area contributed by atoms with Gasteiger partial charge in [0, 0.05) is 16.2 Å². The van der Waals surface area contributed by atoms with Gasteiger partial charge in [-0.05, 0) is 0 Å². The van der Waals surface area contributed by atoms with Crippen LogP contribution in [0.5, 0.6) is 0 Å². The molecule has 6 heteroatoms. The summed E-state index contributed by atoms with van der Waals surface area (Å²) in [5, 5.41) is 7.22. The first-order chi connectivity index (χ1) is 4.88. The standard InChI is InChI=1S/C4H9N5S/c5-1-2-8-3-4-10-9(8)7-6/h3-4,6H,1-2,5H2/p+1. The zero-order valence-electron chi connectivity index (χ0n) is 5.47. The van der Waals surface area contributed by atoms with Gasteiger partial charge in [0.25, 0.3) is 0 Å². The van der Waals surface area contributed by atoms with E-state index in [0.29, 0.717) is 6.54 Å². The van der Waals surface area contributed by atoms with Crippen molar-refractivity contribution in [3.8, 4) is 0 Å². The van der Waals surface area contributed by atoms with Crippen LogP contribution in [-0.2, 0) is 0 Å². The smallest absolute Gasteiger partial charge is 0.144 e. The van der Waals surface area contributed by atoms with Crippen LogP contribution in [0, 0.1) is 0 Å². The Hall–Kier alpha value is -0.750. The van der Waals surface area contributed by atoms with Crippen LogP contribution in [0.2, 0.25) is 0 Å². The van der Waals surface area contributed by atoms with Crippen LogP contribution in [0.15, 0.2) is 16.8 Å². The maximum absolute atomic E-state index is 5.33. The number of nitrogens with zero attached hydrogens (tertiary/aromatic N) is 3. The van der Waals surface area contributed by atoms with E-state index in [-0.39, 0.29) is 0 Å². The fourth-order valence-corrected chi connectivity index (χ4v) is 1.27. The molecule has 1 rings (SSSR count). The van der Waals surface area contributed by atoms with Crippen LogP contribution in [0.25, 0.3) is 0 Å². The van der Waals surface area contributed by atoms with Gasteiger partial charge in [0.15, 0.2) is 0 Å². The fourth-order valence-electron chi connectivity index (χ4n) is 0.655. The van der Waals surface area contributed by atoms with Crippen LogP contribution < -0.4 is 11.6 Å². The van der Waals surface area contributed by atoms with Gasteiger partial charge in [0.1, 0.15) is 17.2 Å². The minimum atomic E-state index is 0.594. The molecule has 0 aromatic carbocycles. The normalized spacial score (nSPS) is 20.9. The van der Waals surface area contributed by atoms with Gasteiger partial charge in [-0.25, -0.2) is 0 Å². The molecule has 56 valence electrons. The van der Waals surface area contributed by atoms with E-state index in [1.807, 2.05) is 16.6 Å². The Morgan fingerprint density at radius 1 is 1.70 bits per heavy atom. The summed E-state index contributed by atoms with van der Waals surface area (Å²) in [5.41, 5.74) is 5.33. The molecule has 0 saturated heterocycles. The molecular weight excluding hydrogens is 150 g/mol. The summed E-state index contributed by atoms with van der Waals surface area (Å²) in [4.78, 5) is 0. The van der Waals surface area contributed by atoms with Crippen molar-refractivity contribution in [3.63, 3.8) is 0 Å². The lowest BCUT2D eigenvalue weighted by Crippen LogP contribution is -2.28. The summed E-state index contributed by atoms with van der Waals surface area (Å²) >= 11 is 1.42. The summed E-state index contributed by atoms with van der Waals surface area (Å²) in [6.45, 7) is 1.33. The quantitative estimate of drug-likeness (QED) is 0.250. The van der Waals surface area contributed by atoms with Gasteiger partial charge in [-0.2, -0.15) is 10.9 Å². The molecule has 1 aliphatic rings. The molecule has 0 aromatic rings. The van der Waals surface area contributed by atoms with Gasteiger partial charge in [0.05, 0.1) is 12.7 Å². The molecule has 1 aliphatic heterocycles. The lowest BCUT2D eigenvalue weighted by molar-refractivity contribution is -0.589. The molecule has 0 spiro atoms. The highest BCUT2D eigenvalue weighted by Crippen LogP contribution is 2.16. The molecule has 0 radical (unpaired) electrons. The Morgan fingerprint density at radius 2 is 2.50 bits per heavy atom. The van der Waals surface area contributed by atoms with Gasteiger partial charge in [-0.1, -0.05) is 0 Å². The van der Waals surface area contributed by atoms with Crippen molar-refractivity contribution in [2.75, 3.05) is 13.1 Å². The molecule has 0 atom stereocenters. The third-order valence-electron chi connectivity index (χ3n) is 1.06.